The average Bonchev–Trinajstić information content (AvgIpc) is 2.69. The Balaban J connectivity index is 1.91. The van der Waals surface area contributed by atoms with E-state index in [1.54, 1.807) is 30.3 Å². The van der Waals surface area contributed by atoms with Crippen molar-refractivity contribution in [2.24, 2.45) is 0 Å². The molecule has 0 bridgehead atoms. The first-order valence-corrected chi connectivity index (χ1v) is 6.14. The van der Waals surface area contributed by atoms with E-state index in [4.69, 9.17) is 11.6 Å². The lowest BCUT2D eigenvalue weighted by molar-refractivity contribution is -0.116. The minimum atomic E-state index is -0.515. The Hall–Kier alpha value is -2.07. The number of hydrogen-bond donors (Lipinski definition) is 2. The van der Waals surface area contributed by atoms with Crippen molar-refractivity contribution in [3.05, 3.63) is 58.9 Å². The fraction of sp³-hybridized carbons (Fsp3) is 0.0714. The van der Waals surface area contributed by atoms with Crippen LogP contribution in [-0.4, -0.2) is 5.91 Å². The first kappa shape index (κ1) is 12.0. The Kier molecular flexibility index (Phi) is 2.87. The van der Waals surface area contributed by atoms with Crippen LogP contribution in [0.15, 0.2) is 42.5 Å². The van der Waals surface area contributed by atoms with Crippen LogP contribution in [0.25, 0.3) is 0 Å². The lowest BCUT2D eigenvalue weighted by atomic mass is 10.1. The molecule has 0 spiro atoms. The van der Waals surface area contributed by atoms with Gasteiger partial charge in [0.25, 0.3) is 5.91 Å². The van der Waals surface area contributed by atoms with E-state index in [0.717, 1.165) is 11.3 Å². The number of carbonyl (C=O) groups excluding carboxylic acids is 1. The first-order chi connectivity index (χ1) is 9.13. The summed E-state index contributed by atoms with van der Waals surface area (Å²) in [5.41, 5.74) is 2.21. The highest BCUT2D eigenvalue weighted by atomic mass is 35.5. The third-order valence-corrected chi connectivity index (χ3v) is 3.23. The molecule has 5 heteroatoms. The van der Waals surface area contributed by atoms with E-state index in [1.165, 1.54) is 12.1 Å². The summed E-state index contributed by atoms with van der Waals surface area (Å²) in [5.74, 6) is -0.466. The molecule has 96 valence electrons. The van der Waals surface area contributed by atoms with Crippen LogP contribution < -0.4 is 10.6 Å². The fourth-order valence-electron chi connectivity index (χ4n) is 2.09. The van der Waals surface area contributed by atoms with Crippen molar-refractivity contribution >= 4 is 28.9 Å². The van der Waals surface area contributed by atoms with Crippen molar-refractivity contribution < 1.29 is 9.18 Å². The summed E-state index contributed by atoms with van der Waals surface area (Å²) in [5, 5.41) is 6.41. The molecule has 0 aromatic heterocycles. The summed E-state index contributed by atoms with van der Waals surface area (Å²) in [6.07, 6.45) is 0. The molecule has 1 heterocycles. The summed E-state index contributed by atoms with van der Waals surface area (Å²) >= 11 is 5.94. The molecule has 2 aromatic carbocycles. The Morgan fingerprint density at radius 2 is 1.89 bits per heavy atom. The molecule has 19 heavy (non-hydrogen) atoms. The Morgan fingerprint density at radius 1 is 1.16 bits per heavy atom. The van der Waals surface area contributed by atoms with E-state index in [1.807, 2.05) is 0 Å². The summed E-state index contributed by atoms with van der Waals surface area (Å²) < 4.78 is 12.8. The highest BCUT2D eigenvalue weighted by Crippen LogP contribution is 2.34. The van der Waals surface area contributed by atoms with Gasteiger partial charge in [0.1, 0.15) is 11.9 Å². The number of anilines is 2. The van der Waals surface area contributed by atoms with Crippen LogP contribution >= 0.6 is 11.6 Å². The van der Waals surface area contributed by atoms with E-state index >= 15 is 0 Å². The zero-order chi connectivity index (χ0) is 13.4. The molecule has 1 aliphatic rings. The van der Waals surface area contributed by atoms with Crippen LogP contribution in [0.3, 0.4) is 0 Å². The molecule has 1 amide bonds. The van der Waals surface area contributed by atoms with Gasteiger partial charge in [0, 0.05) is 22.0 Å². The van der Waals surface area contributed by atoms with Crippen LogP contribution in [0.4, 0.5) is 15.8 Å². The van der Waals surface area contributed by atoms with Gasteiger partial charge in [0.05, 0.1) is 0 Å². The maximum absolute atomic E-state index is 12.8. The molecular formula is C14H10ClFN2O. The van der Waals surface area contributed by atoms with Crippen molar-refractivity contribution in [3.63, 3.8) is 0 Å². The second-order valence-corrected chi connectivity index (χ2v) is 4.74. The number of benzene rings is 2. The highest BCUT2D eigenvalue weighted by molar-refractivity contribution is 6.31. The van der Waals surface area contributed by atoms with Crippen LogP contribution in [0.5, 0.6) is 0 Å². The van der Waals surface area contributed by atoms with E-state index < -0.39 is 6.04 Å². The van der Waals surface area contributed by atoms with E-state index in [9.17, 15) is 9.18 Å². The summed E-state index contributed by atoms with van der Waals surface area (Å²) in [4.78, 5) is 11.9. The zero-order valence-corrected chi connectivity index (χ0v) is 10.5. The second kappa shape index (κ2) is 4.55. The minimum absolute atomic E-state index is 0.151. The number of fused-ring (bicyclic) bond motifs is 1. The van der Waals surface area contributed by atoms with Gasteiger partial charge >= 0.3 is 0 Å². The molecule has 2 N–H and O–H groups in total. The van der Waals surface area contributed by atoms with Crippen molar-refractivity contribution in [1.82, 2.24) is 0 Å². The average molecular weight is 277 g/mol. The first-order valence-electron chi connectivity index (χ1n) is 5.76. The largest absolute Gasteiger partial charge is 0.370 e. The van der Waals surface area contributed by atoms with Crippen molar-refractivity contribution in [3.8, 4) is 0 Å². The summed E-state index contributed by atoms with van der Waals surface area (Å²) in [6, 6.07) is 10.6. The number of carbonyl (C=O) groups is 1. The monoisotopic (exact) mass is 276 g/mol. The molecule has 0 aliphatic carbocycles. The molecule has 2 aromatic rings. The number of amides is 1. The quantitative estimate of drug-likeness (QED) is 0.880. The van der Waals surface area contributed by atoms with Crippen LogP contribution in [0.2, 0.25) is 5.02 Å². The van der Waals surface area contributed by atoms with Gasteiger partial charge in [-0.15, -0.1) is 0 Å². The molecule has 0 radical (unpaired) electrons. The molecule has 3 nitrogen and oxygen atoms in total. The molecule has 1 aliphatic heterocycles. The molecule has 1 unspecified atom stereocenters. The number of nitrogens with one attached hydrogen (secondary N) is 2. The van der Waals surface area contributed by atoms with Gasteiger partial charge in [0.2, 0.25) is 0 Å². The lowest BCUT2D eigenvalue weighted by Crippen LogP contribution is -2.19. The molecule has 0 saturated heterocycles. The van der Waals surface area contributed by atoms with Gasteiger partial charge in [-0.05, 0) is 42.5 Å². The van der Waals surface area contributed by atoms with Crippen LogP contribution in [0, 0.1) is 5.82 Å². The smallest absolute Gasteiger partial charge is 0.251 e. The number of halogens is 2. The van der Waals surface area contributed by atoms with Gasteiger partial charge in [-0.1, -0.05) is 11.6 Å². The highest BCUT2D eigenvalue weighted by Gasteiger charge is 2.30. The standard InChI is InChI=1S/C14H10ClFN2O/c15-8-1-6-12-11(7-8)13(14(19)18-12)17-10-4-2-9(16)3-5-10/h1-7,13,17H,(H,18,19). The van der Waals surface area contributed by atoms with Crippen LogP contribution in [0.1, 0.15) is 11.6 Å². The van der Waals surface area contributed by atoms with E-state index in [0.29, 0.717) is 10.7 Å². The molecule has 1 atom stereocenters. The normalized spacial score (nSPS) is 16.9. The molecule has 0 fully saturated rings. The van der Waals surface area contributed by atoms with Crippen molar-refractivity contribution in [1.29, 1.82) is 0 Å². The van der Waals surface area contributed by atoms with E-state index in [-0.39, 0.29) is 11.7 Å². The van der Waals surface area contributed by atoms with Crippen LogP contribution in [-0.2, 0) is 4.79 Å². The SMILES string of the molecule is O=C1Nc2ccc(Cl)cc2C1Nc1ccc(F)cc1. The van der Waals surface area contributed by atoms with Gasteiger partial charge in [-0.2, -0.15) is 0 Å². The predicted octanol–water partition coefficient (Wildman–Crippen LogP) is 3.58. The zero-order valence-electron chi connectivity index (χ0n) is 9.78. The lowest BCUT2D eigenvalue weighted by Gasteiger charge is -2.13. The van der Waals surface area contributed by atoms with Gasteiger partial charge in [-0.25, -0.2) is 4.39 Å². The Bertz CT molecular complexity index is 642. The Morgan fingerprint density at radius 3 is 2.63 bits per heavy atom. The minimum Gasteiger partial charge on any atom is -0.370 e. The Labute approximate surface area is 114 Å². The molecule has 0 saturated carbocycles. The number of rotatable bonds is 2. The summed E-state index contributed by atoms with van der Waals surface area (Å²) in [6.45, 7) is 0. The second-order valence-electron chi connectivity index (χ2n) is 4.31. The summed E-state index contributed by atoms with van der Waals surface area (Å²) in [7, 11) is 0. The van der Waals surface area contributed by atoms with E-state index in [2.05, 4.69) is 10.6 Å². The van der Waals surface area contributed by atoms with Gasteiger partial charge < -0.3 is 10.6 Å². The third-order valence-electron chi connectivity index (χ3n) is 3.00. The van der Waals surface area contributed by atoms with Crippen molar-refractivity contribution in [2.45, 2.75) is 6.04 Å². The fourth-order valence-corrected chi connectivity index (χ4v) is 2.27. The predicted molar refractivity (Wildman–Crippen MR) is 72.8 cm³/mol. The van der Waals surface area contributed by atoms with Gasteiger partial charge in [-0.3, -0.25) is 4.79 Å². The van der Waals surface area contributed by atoms with Gasteiger partial charge in [0.15, 0.2) is 0 Å². The third kappa shape index (κ3) is 2.27. The molecule has 3 rings (SSSR count). The molecular weight excluding hydrogens is 267 g/mol. The topological polar surface area (TPSA) is 41.1 Å². The van der Waals surface area contributed by atoms with Crippen molar-refractivity contribution in [2.75, 3.05) is 10.6 Å². The maximum Gasteiger partial charge on any atom is 0.251 e. The number of hydrogen-bond acceptors (Lipinski definition) is 2. The maximum atomic E-state index is 12.8.